The molecule has 2 amide bonds. The number of nitrogens with zero attached hydrogens (tertiary/aromatic N) is 4. The second-order valence-electron chi connectivity index (χ2n) is 9.97. The van der Waals surface area contributed by atoms with E-state index in [9.17, 15) is 14.0 Å². The van der Waals surface area contributed by atoms with Crippen LogP contribution in [0, 0.1) is 32.0 Å². The Morgan fingerprint density at radius 1 is 1.17 bits per heavy atom. The largest absolute Gasteiger partial charge is 0.349 e. The van der Waals surface area contributed by atoms with Crippen LogP contribution in [0.1, 0.15) is 65.8 Å². The van der Waals surface area contributed by atoms with Gasteiger partial charge in [-0.05, 0) is 83.1 Å². The van der Waals surface area contributed by atoms with Gasteiger partial charge in [0.1, 0.15) is 11.4 Å². The third-order valence-corrected chi connectivity index (χ3v) is 7.86. The lowest BCUT2D eigenvalue weighted by Crippen LogP contribution is -2.52. The average Bonchev–Trinajstić information content (AvgIpc) is 3.24. The number of nitrogens with one attached hydrogen (secondary N) is 1. The zero-order valence-corrected chi connectivity index (χ0v) is 21.0. The van der Waals surface area contributed by atoms with Crippen molar-refractivity contribution in [2.75, 3.05) is 11.4 Å². The number of fused-ring (bicyclic) bond motifs is 1. The van der Waals surface area contributed by atoms with Crippen molar-refractivity contribution in [1.29, 1.82) is 0 Å². The fourth-order valence-electron chi connectivity index (χ4n) is 5.62. The lowest BCUT2D eigenvalue weighted by molar-refractivity contribution is -0.132. The SMILES string of the molecule is Cc1cc(C)n2ncc(C(=O)N[C@H]3CC[C@@]4(CCCN(c5cc(C)c(F)cc5Cl)C4=O)CC3)c2n1. The summed E-state index contributed by atoms with van der Waals surface area (Å²) in [7, 11) is 0. The summed E-state index contributed by atoms with van der Waals surface area (Å²) >= 11 is 6.32. The molecule has 0 bridgehead atoms. The lowest BCUT2D eigenvalue weighted by atomic mass is 9.67. The third kappa shape index (κ3) is 4.18. The summed E-state index contributed by atoms with van der Waals surface area (Å²) in [6.07, 6.45) is 6.05. The molecule has 1 spiro atoms. The molecule has 0 atom stereocenters. The zero-order chi connectivity index (χ0) is 24.9. The van der Waals surface area contributed by atoms with E-state index in [0.29, 0.717) is 54.7 Å². The van der Waals surface area contributed by atoms with Gasteiger partial charge in [-0.2, -0.15) is 5.10 Å². The molecule has 2 aliphatic rings. The van der Waals surface area contributed by atoms with Crippen molar-refractivity contribution in [3.8, 4) is 0 Å². The number of halogens is 2. The molecule has 1 aliphatic carbocycles. The van der Waals surface area contributed by atoms with Gasteiger partial charge in [0.25, 0.3) is 5.91 Å². The number of benzene rings is 1. The molecule has 1 N–H and O–H groups in total. The van der Waals surface area contributed by atoms with Crippen molar-refractivity contribution in [1.82, 2.24) is 19.9 Å². The van der Waals surface area contributed by atoms with Gasteiger partial charge in [-0.25, -0.2) is 13.9 Å². The average molecular weight is 498 g/mol. The monoisotopic (exact) mass is 497 g/mol. The first kappa shape index (κ1) is 23.7. The molecular formula is C26H29ClFN5O2. The summed E-state index contributed by atoms with van der Waals surface area (Å²) < 4.78 is 15.6. The van der Waals surface area contributed by atoms with Crippen LogP contribution in [0.2, 0.25) is 5.02 Å². The van der Waals surface area contributed by atoms with E-state index in [1.165, 1.54) is 6.07 Å². The van der Waals surface area contributed by atoms with E-state index in [-0.39, 0.29) is 28.7 Å². The molecule has 2 aromatic heterocycles. The van der Waals surface area contributed by atoms with E-state index < -0.39 is 5.41 Å². The van der Waals surface area contributed by atoms with Gasteiger partial charge >= 0.3 is 0 Å². The fraction of sp³-hybridized carbons (Fsp3) is 0.462. The highest BCUT2D eigenvalue weighted by Gasteiger charge is 2.46. The Kier molecular flexibility index (Phi) is 6.03. The van der Waals surface area contributed by atoms with Crippen molar-refractivity contribution < 1.29 is 14.0 Å². The Morgan fingerprint density at radius 3 is 2.66 bits per heavy atom. The van der Waals surface area contributed by atoms with Gasteiger partial charge in [-0.15, -0.1) is 0 Å². The first-order chi connectivity index (χ1) is 16.7. The molecule has 3 aromatic rings. The molecular weight excluding hydrogens is 469 g/mol. The minimum Gasteiger partial charge on any atom is -0.349 e. The Labute approximate surface area is 208 Å². The minimum absolute atomic E-state index is 0.0196. The molecule has 35 heavy (non-hydrogen) atoms. The minimum atomic E-state index is -0.467. The molecule has 7 nitrogen and oxygen atoms in total. The quantitative estimate of drug-likeness (QED) is 0.556. The fourth-order valence-corrected chi connectivity index (χ4v) is 5.87. The van der Waals surface area contributed by atoms with Crippen LogP contribution in [0.15, 0.2) is 24.4 Å². The molecule has 184 valence electrons. The molecule has 1 saturated carbocycles. The molecule has 1 aliphatic heterocycles. The Morgan fingerprint density at radius 2 is 1.91 bits per heavy atom. The summed E-state index contributed by atoms with van der Waals surface area (Å²) in [5.41, 5.74) is 3.34. The van der Waals surface area contributed by atoms with Crippen molar-refractivity contribution in [2.45, 2.75) is 65.3 Å². The predicted octanol–water partition coefficient (Wildman–Crippen LogP) is 4.93. The maximum atomic E-state index is 13.9. The van der Waals surface area contributed by atoms with Crippen molar-refractivity contribution in [3.05, 3.63) is 57.8 Å². The standard InChI is InChI=1S/C26H29ClFN5O2/c1-15-11-22(20(27)13-21(15)28)32-10-4-7-26(25(32)35)8-5-18(6-9-26)31-24(34)19-14-29-33-17(3)12-16(2)30-23(19)33/h11-14,18H,4-10H2,1-3H3,(H,31,34)/t18-,26-. The number of hydrogen-bond donors (Lipinski definition) is 1. The van der Waals surface area contributed by atoms with E-state index >= 15 is 0 Å². The highest BCUT2D eigenvalue weighted by Crippen LogP contribution is 2.46. The van der Waals surface area contributed by atoms with Crippen LogP contribution in [-0.4, -0.2) is 39.0 Å². The van der Waals surface area contributed by atoms with Crippen LogP contribution in [0.25, 0.3) is 5.65 Å². The van der Waals surface area contributed by atoms with Crippen LogP contribution in [0.5, 0.6) is 0 Å². The first-order valence-corrected chi connectivity index (χ1v) is 12.5. The van der Waals surface area contributed by atoms with Crippen LogP contribution in [0.4, 0.5) is 10.1 Å². The van der Waals surface area contributed by atoms with Gasteiger partial charge < -0.3 is 10.2 Å². The highest BCUT2D eigenvalue weighted by atomic mass is 35.5. The Bertz CT molecular complexity index is 1330. The van der Waals surface area contributed by atoms with E-state index in [4.69, 9.17) is 11.6 Å². The Hall–Kier alpha value is -3.00. The molecule has 1 saturated heterocycles. The topological polar surface area (TPSA) is 79.6 Å². The lowest BCUT2D eigenvalue weighted by Gasteiger charge is -2.45. The van der Waals surface area contributed by atoms with Gasteiger partial charge in [0, 0.05) is 29.4 Å². The molecule has 0 unspecified atom stereocenters. The second kappa shape index (κ2) is 8.90. The molecule has 9 heteroatoms. The molecule has 2 fully saturated rings. The highest BCUT2D eigenvalue weighted by molar-refractivity contribution is 6.34. The number of rotatable bonds is 3. The number of carbonyl (C=O) groups excluding carboxylic acids is 2. The molecule has 0 radical (unpaired) electrons. The van der Waals surface area contributed by atoms with Crippen LogP contribution in [0.3, 0.4) is 0 Å². The van der Waals surface area contributed by atoms with Crippen molar-refractivity contribution in [2.24, 2.45) is 5.41 Å². The first-order valence-electron chi connectivity index (χ1n) is 12.1. The number of carbonyl (C=O) groups is 2. The maximum absolute atomic E-state index is 13.9. The summed E-state index contributed by atoms with van der Waals surface area (Å²) in [4.78, 5) is 32.9. The van der Waals surface area contributed by atoms with Crippen molar-refractivity contribution in [3.63, 3.8) is 0 Å². The predicted molar refractivity (Wildman–Crippen MR) is 132 cm³/mol. The van der Waals surface area contributed by atoms with Gasteiger partial charge in [-0.1, -0.05) is 11.6 Å². The molecule has 3 heterocycles. The number of amides is 2. The van der Waals surface area contributed by atoms with Gasteiger partial charge in [-0.3, -0.25) is 9.59 Å². The van der Waals surface area contributed by atoms with E-state index in [1.54, 1.807) is 28.6 Å². The number of hydrogen-bond acceptors (Lipinski definition) is 4. The van der Waals surface area contributed by atoms with E-state index in [2.05, 4.69) is 15.4 Å². The Balaban J connectivity index is 1.29. The zero-order valence-electron chi connectivity index (χ0n) is 20.2. The normalized spacial score (nSPS) is 22.7. The summed E-state index contributed by atoms with van der Waals surface area (Å²) in [6, 6.07) is 4.85. The van der Waals surface area contributed by atoms with E-state index in [0.717, 1.165) is 24.2 Å². The van der Waals surface area contributed by atoms with Crippen LogP contribution < -0.4 is 10.2 Å². The number of aromatic nitrogens is 3. The van der Waals surface area contributed by atoms with Crippen molar-refractivity contribution >= 4 is 34.7 Å². The number of aryl methyl sites for hydroxylation is 3. The number of anilines is 1. The van der Waals surface area contributed by atoms with E-state index in [1.807, 2.05) is 19.9 Å². The maximum Gasteiger partial charge on any atom is 0.256 e. The van der Waals surface area contributed by atoms with Crippen LogP contribution in [-0.2, 0) is 4.79 Å². The van der Waals surface area contributed by atoms with Gasteiger partial charge in [0.15, 0.2) is 5.65 Å². The van der Waals surface area contributed by atoms with Gasteiger partial charge in [0.05, 0.1) is 16.9 Å². The summed E-state index contributed by atoms with van der Waals surface area (Å²) in [5, 5.41) is 7.71. The molecule has 1 aromatic carbocycles. The molecule has 5 rings (SSSR count). The smallest absolute Gasteiger partial charge is 0.256 e. The van der Waals surface area contributed by atoms with Crippen LogP contribution >= 0.6 is 11.6 Å². The second-order valence-corrected chi connectivity index (χ2v) is 10.4. The summed E-state index contributed by atoms with van der Waals surface area (Å²) in [6.45, 7) is 6.08. The summed E-state index contributed by atoms with van der Waals surface area (Å²) in [5.74, 6) is -0.510. The third-order valence-electron chi connectivity index (χ3n) is 7.56. The van der Waals surface area contributed by atoms with Gasteiger partial charge in [0.2, 0.25) is 5.91 Å². The number of piperidine rings is 1.